The number of hydrogen-bond donors (Lipinski definition) is 1. The molecular weight excluding hydrogens is 586 g/mol. The van der Waals surface area contributed by atoms with Gasteiger partial charge < -0.3 is 15.0 Å². The fourth-order valence-corrected chi connectivity index (χ4v) is 6.42. The molecule has 0 aromatic heterocycles. The topological polar surface area (TPSA) is 96.0 Å². The molecule has 2 atom stereocenters. The van der Waals surface area contributed by atoms with Crippen LogP contribution >= 0.6 is 0 Å². The molecule has 0 unspecified atom stereocenters. The van der Waals surface area contributed by atoms with Crippen LogP contribution < -0.4 is 14.4 Å². The minimum absolute atomic E-state index is 0.0639. The number of ether oxygens (including phenoxy) is 1. The number of rotatable bonds is 14. The number of anilines is 1. The zero-order chi connectivity index (χ0) is 32.4. The molecule has 9 heteroatoms. The second-order valence-electron chi connectivity index (χ2n) is 11.1. The first kappa shape index (κ1) is 33.3. The Morgan fingerprint density at radius 3 is 2.13 bits per heavy atom. The second kappa shape index (κ2) is 15.4. The highest BCUT2D eigenvalue weighted by Crippen LogP contribution is 2.26. The van der Waals surface area contributed by atoms with Crippen LogP contribution in [0.2, 0.25) is 0 Å². The molecule has 0 saturated heterocycles. The lowest BCUT2D eigenvalue weighted by Crippen LogP contribution is -2.54. The van der Waals surface area contributed by atoms with Crippen molar-refractivity contribution in [2.45, 2.75) is 57.1 Å². The maximum atomic E-state index is 14.5. The van der Waals surface area contributed by atoms with Crippen molar-refractivity contribution in [3.8, 4) is 5.75 Å². The molecule has 0 bridgehead atoms. The fraction of sp³-hybridized carbons (Fsp3) is 0.278. The lowest BCUT2D eigenvalue weighted by molar-refractivity contribution is -0.140. The number of carbonyl (C=O) groups is 2. The highest BCUT2D eigenvalue weighted by Gasteiger charge is 2.35. The summed E-state index contributed by atoms with van der Waals surface area (Å²) >= 11 is 0. The van der Waals surface area contributed by atoms with E-state index in [1.54, 1.807) is 49.6 Å². The molecule has 2 amide bonds. The van der Waals surface area contributed by atoms with Crippen molar-refractivity contribution < 1.29 is 22.7 Å². The molecular formula is C36H41N3O5S. The van der Waals surface area contributed by atoms with Gasteiger partial charge in [0, 0.05) is 19.0 Å². The van der Waals surface area contributed by atoms with Crippen LogP contribution in [-0.2, 0) is 32.6 Å². The number of amides is 2. The molecule has 45 heavy (non-hydrogen) atoms. The Bertz CT molecular complexity index is 1680. The van der Waals surface area contributed by atoms with Gasteiger partial charge in [0.05, 0.1) is 17.7 Å². The number of nitrogens with zero attached hydrogens (tertiary/aromatic N) is 2. The molecule has 1 N–H and O–H groups in total. The normalized spacial score (nSPS) is 12.5. The summed E-state index contributed by atoms with van der Waals surface area (Å²) in [5.41, 5.74) is 2.82. The molecule has 0 spiro atoms. The zero-order valence-electron chi connectivity index (χ0n) is 26.2. The molecule has 0 saturated carbocycles. The molecule has 0 fully saturated rings. The van der Waals surface area contributed by atoms with Gasteiger partial charge in [0.15, 0.2) is 0 Å². The first-order valence-electron chi connectivity index (χ1n) is 15.0. The maximum absolute atomic E-state index is 14.5. The van der Waals surface area contributed by atoms with Crippen molar-refractivity contribution in [2.75, 3.05) is 18.0 Å². The number of methoxy groups -OCH3 is 1. The monoisotopic (exact) mass is 627 g/mol. The summed E-state index contributed by atoms with van der Waals surface area (Å²) in [5.74, 6) is -0.215. The first-order valence-corrected chi connectivity index (χ1v) is 16.5. The summed E-state index contributed by atoms with van der Waals surface area (Å²) in [6.07, 6.45) is 0.957. The van der Waals surface area contributed by atoms with Crippen molar-refractivity contribution in [1.82, 2.24) is 10.2 Å². The van der Waals surface area contributed by atoms with Crippen LogP contribution in [-0.4, -0.2) is 50.9 Å². The van der Waals surface area contributed by atoms with Gasteiger partial charge in [-0.25, -0.2) is 8.42 Å². The predicted molar refractivity (Wildman–Crippen MR) is 178 cm³/mol. The van der Waals surface area contributed by atoms with E-state index in [1.165, 1.54) is 17.0 Å². The molecule has 8 nitrogen and oxygen atoms in total. The second-order valence-corrected chi connectivity index (χ2v) is 12.9. The van der Waals surface area contributed by atoms with Crippen LogP contribution in [0, 0.1) is 6.92 Å². The number of benzene rings is 4. The number of aryl methyl sites for hydroxylation is 1. The summed E-state index contributed by atoms with van der Waals surface area (Å²) in [6.45, 7) is 5.31. The van der Waals surface area contributed by atoms with E-state index in [4.69, 9.17) is 4.74 Å². The number of carbonyl (C=O) groups excluding carboxylic acids is 2. The average molecular weight is 628 g/mol. The van der Waals surface area contributed by atoms with Crippen LogP contribution in [0.1, 0.15) is 37.0 Å². The standard InChI is InChI=1S/C36H41N3O5S/c1-5-28(3)37-36(41)34(24-29-15-8-6-9-16-29)38(25-30-17-13-19-32(23-30)44-4)35(40)26-39(31-18-12-14-27(2)22-31)45(42,43)33-20-10-7-11-21-33/h6-23,28,34H,5,24-26H2,1-4H3,(H,37,41)/t28-,34-/m1/s1. The largest absolute Gasteiger partial charge is 0.497 e. The smallest absolute Gasteiger partial charge is 0.264 e. The van der Waals surface area contributed by atoms with E-state index in [9.17, 15) is 18.0 Å². The fourth-order valence-electron chi connectivity index (χ4n) is 4.99. The number of hydrogen-bond acceptors (Lipinski definition) is 5. The van der Waals surface area contributed by atoms with Gasteiger partial charge in [-0.3, -0.25) is 13.9 Å². The third-order valence-corrected chi connectivity index (χ3v) is 9.45. The summed E-state index contributed by atoms with van der Waals surface area (Å²) < 4.78 is 34.7. The van der Waals surface area contributed by atoms with Crippen LogP contribution in [0.15, 0.2) is 114 Å². The molecule has 4 aromatic carbocycles. The minimum atomic E-state index is -4.15. The molecule has 0 heterocycles. The molecule has 0 aliphatic heterocycles. The molecule has 236 valence electrons. The van der Waals surface area contributed by atoms with Gasteiger partial charge in [-0.1, -0.05) is 79.7 Å². The van der Waals surface area contributed by atoms with Crippen LogP contribution in [0.4, 0.5) is 5.69 Å². The predicted octanol–water partition coefficient (Wildman–Crippen LogP) is 5.75. The quantitative estimate of drug-likeness (QED) is 0.192. The van der Waals surface area contributed by atoms with E-state index in [1.807, 2.05) is 75.4 Å². The van der Waals surface area contributed by atoms with E-state index in [2.05, 4.69) is 5.32 Å². The summed E-state index contributed by atoms with van der Waals surface area (Å²) in [4.78, 5) is 30.0. The molecule has 0 aliphatic rings. The van der Waals surface area contributed by atoms with Gasteiger partial charge in [-0.15, -0.1) is 0 Å². The SMILES string of the molecule is CC[C@@H](C)NC(=O)[C@@H](Cc1ccccc1)N(Cc1cccc(OC)c1)C(=O)CN(c1cccc(C)c1)S(=O)(=O)c1ccccc1. The van der Waals surface area contributed by atoms with Gasteiger partial charge in [-0.2, -0.15) is 0 Å². The first-order chi connectivity index (χ1) is 21.6. The van der Waals surface area contributed by atoms with Crippen molar-refractivity contribution in [3.05, 3.63) is 126 Å². The zero-order valence-corrected chi connectivity index (χ0v) is 27.0. The third-order valence-electron chi connectivity index (χ3n) is 7.66. The summed E-state index contributed by atoms with van der Waals surface area (Å²) in [7, 11) is -2.58. The summed E-state index contributed by atoms with van der Waals surface area (Å²) in [5, 5.41) is 3.05. The van der Waals surface area contributed by atoms with Crippen LogP contribution in [0.3, 0.4) is 0 Å². The van der Waals surface area contributed by atoms with E-state index >= 15 is 0 Å². The van der Waals surface area contributed by atoms with E-state index in [0.717, 1.165) is 21.0 Å². The van der Waals surface area contributed by atoms with Crippen molar-refractivity contribution >= 4 is 27.5 Å². The molecule has 4 rings (SSSR count). The van der Waals surface area contributed by atoms with E-state index in [0.29, 0.717) is 17.9 Å². The highest BCUT2D eigenvalue weighted by atomic mass is 32.2. The van der Waals surface area contributed by atoms with Gasteiger partial charge in [0.25, 0.3) is 10.0 Å². The Kier molecular flexibility index (Phi) is 11.4. The van der Waals surface area contributed by atoms with Gasteiger partial charge >= 0.3 is 0 Å². The van der Waals surface area contributed by atoms with Crippen molar-refractivity contribution in [2.24, 2.45) is 0 Å². The Morgan fingerprint density at radius 1 is 0.844 bits per heavy atom. The highest BCUT2D eigenvalue weighted by molar-refractivity contribution is 7.92. The van der Waals surface area contributed by atoms with Crippen molar-refractivity contribution in [1.29, 1.82) is 0 Å². The number of sulfonamides is 1. The maximum Gasteiger partial charge on any atom is 0.264 e. The Hall–Kier alpha value is -4.63. The van der Waals surface area contributed by atoms with Crippen LogP contribution in [0.25, 0.3) is 0 Å². The average Bonchev–Trinajstić information content (AvgIpc) is 3.05. The Labute approximate surface area is 266 Å². The van der Waals surface area contributed by atoms with Crippen LogP contribution in [0.5, 0.6) is 5.75 Å². The summed E-state index contributed by atoms with van der Waals surface area (Å²) in [6, 6.07) is 30.8. The minimum Gasteiger partial charge on any atom is -0.497 e. The molecule has 0 radical (unpaired) electrons. The van der Waals surface area contributed by atoms with E-state index in [-0.39, 0.29) is 29.8 Å². The molecule has 4 aromatic rings. The third kappa shape index (κ3) is 8.73. The number of nitrogens with one attached hydrogen (secondary N) is 1. The van der Waals surface area contributed by atoms with Crippen molar-refractivity contribution in [3.63, 3.8) is 0 Å². The lowest BCUT2D eigenvalue weighted by atomic mass is 10.0. The lowest BCUT2D eigenvalue weighted by Gasteiger charge is -2.34. The van der Waals surface area contributed by atoms with Gasteiger partial charge in [0.1, 0.15) is 18.3 Å². The van der Waals surface area contributed by atoms with E-state index < -0.39 is 28.5 Å². The van der Waals surface area contributed by atoms with Gasteiger partial charge in [0.2, 0.25) is 11.8 Å². The molecule has 0 aliphatic carbocycles. The Morgan fingerprint density at radius 2 is 1.49 bits per heavy atom. The Balaban J connectivity index is 1.81. The van der Waals surface area contributed by atoms with Gasteiger partial charge in [-0.05, 0) is 73.4 Å².